The molecule has 0 saturated carbocycles. The Kier molecular flexibility index (Phi) is 5.73. The van der Waals surface area contributed by atoms with Gasteiger partial charge in [-0.2, -0.15) is 0 Å². The van der Waals surface area contributed by atoms with Crippen molar-refractivity contribution in [1.29, 1.82) is 0 Å². The number of nitrogens with two attached hydrogens (primary N) is 1. The van der Waals surface area contributed by atoms with E-state index in [1.807, 2.05) is 12.1 Å². The molecule has 0 unspecified atom stereocenters. The molecule has 0 aliphatic rings. The quantitative estimate of drug-likeness (QED) is 0.830. The summed E-state index contributed by atoms with van der Waals surface area (Å²) in [5.41, 5.74) is 10.8. The lowest BCUT2D eigenvalue weighted by molar-refractivity contribution is -0.143. The highest BCUT2D eigenvalue weighted by atomic mass is 16.5. The van der Waals surface area contributed by atoms with Crippen molar-refractivity contribution < 1.29 is 9.53 Å². The zero-order valence-corrected chi connectivity index (χ0v) is 13.2. The van der Waals surface area contributed by atoms with E-state index < -0.39 is 0 Å². The van der Waals surface area contributed by atoms with E-state index in [-0.39, 0.29) is 18.4 Å². The van der Waals surface area contributed by atoms with Gasteiger partial charge in [-0.25, -0.2) is 0 Å². The second-order valence-electron chi connectivity index (χ2n) is 5.52. The average molecular weight is 297 g/mol. The van der Waals surface area contributed by atoms with Gasteiger partial charge in [-0.1, -0.05) is 54.1 Å². The third kappa shape index (κ3) is 4.71. The summed E-state index contributed by atoms with van der Waals surface area (Å²) in [4.78, 5) is 11.5. The molecule has 2 aromatic carbocycles. The molecule has 0 aliphatic heterocycles. The summed E-state index contributed by atoms with van der Waals surface area (Å²) in [6.07, 6.45) is 1.11. The molecular formula is C19H23NO2. The van der Waals surface area contributed by atoms with Crippen LogP contribution in [0.5, 0.6) is 0 Å². The highest BCUT2D eigenvalue weighted by Crippen LogP contribution is 2.17. The minimum absolute atomic E-state index is 0.213. The normalized spacial score (nSPS) is 12.0. The maximum Gasteiger partial charge on any atom is 0.307 e. The zero-order valence-electron chi connectivity index (χ0n) is 13.2. The summed E-state index contributed by atoms with van der Waals surface area (Å²) in [6, 6.07) is 16.4. The van der Waals surface area contributed by atoms with Crippen LogP contribution in [0.15, 0.2) is 48.5 Å². The lowest BCUT2D eigenvalue weighted by Gasteiger charge is -2.12. The van der Waals surface area contributed by atoms with Crippen molar-refractivity contribution in [3.8, 4) is 0 Å². The molecule has 0 amide bonds. The molecule has 2 N–H and O–H groups in total. The van der Waals surface area contributed by atoms with E-state index >= 15 is 0 Å². The summed E-state index contributed by atoms with van der Waals surface area (Å²) in [7, 11) is 0. The van der Waals surface area contributed by atoms with Gasteiger partial charge in [-0.15, -0.1) is 0 Å². The Morgan fingerprint density at radius 1 is 1.05 bits per heavy atom. The fourth-order valence-corrected chi connectivity index (χ4v) is 2.34. The lowest BCUT2D eigenvalue weighted by Crippen LogP contribution is -2.17. The van der Waals surface area contributed by atoms with E-state index in [2.05, 4.69) is 43.3 Å². The van der Waals surface area contributed by atoms with Gasteiger partial charge < -0.3 is 10.5 Å². The van der Waals surface area contributed by atoms with Crippen LogP contribution >= 0.6 is 0 Å². The van der Waals surface area contributed by atoms with Gasteiger partial charge in [-0.05, 0) is 37.0 Å². The molecule has 0 aliphatic carbocycles. The fraction of sp³-hybridized carbons (Fsp3) is 0.316. The van der Waals surface area contributed by atoms with Crippen molar-refractivity contribution in [2.75, 3.05) is 6.61 Å². The van der Waals surface area contributed by atoms with E-state index in [0.717, 1.165) is 12.0 Å². The van der Waals surface area contributed by atoms with Crippen LogP contribution in [0.25, 0.3) is 0 Å². The Bertz CT molecular complexity index is 602. The minimum Gasteiger partial charge on any atom is -0.466 e. The van der Waals surface area contributed by atoms with E-state index in [0.29, 0.717) is 6.61 Å². The van der Waals surface area contributed by atoms with E-state index in [1.165, 1.54) is 16.7 Å². The van der Waals surface area contributed by atoms with E-state index in [9.17, 15) is 4.79 Å². The van der Waals surface area contributed by atoms with Gasteiger partial charge in [0.1, 0.15) is 0 Å². The topological polar surface area (TPSA) is 52.3 Å². The van der Waals surface area contributed by atoms with Gasteiger partial charge in [-0.3, -0.25) is 4.79 Å². The second kappa shape index (κ2) is 7.76. The molecule has 0 aromatic heterocycles. The number of esters is 1. The van der Waals surface area contributed by atoms with Crippen molar-refractivity contribution in [3.05, 3.63) is 70.8 Å². The van der Waals surface area contributed by atoms with Crippen LogP contribution in [0.1, 0.15) is 41.6 Å². The molecule has 0 heterocycles. The lowest BCUT2D eigenvalue weighted by atomic mass is 9.99. The Hall–Kier alpha value is -2.13. The Labute approximate surface area is 132 Å². The van der Waals surface area contributed by atoms with Crippen LogP contribution < -0.4 is 5.73 Å². The number of carbonyl (C=O) groups is 1. The molecule has 3 nitrogen and oxygen atoms in total. The van der Waals surface area contributed by atoms with Crippen LogP contribution in [0.3, 0.4) is 0 Å². The fourth-order valence-electron chi connectivity index (χ4n) is 2.34. The van der Waals surface area contributed by atoms with Crippen molar-refractivity contribution in [2.45, 2.75) is 32.7 Å². The van der Waals surface area contributed by atoms with Crippen molar-refractivity contribution in [2.24, 2.45) is 5.73 Å². The number of rotatable bonds is 6. The molecule has 116 valence electrons. The monoisotopic (exact) mass is 297 g/mol. The zero-order chi connectivity index (χ0) is 15.9. The summed E-state index contributed by atoms with van der Waals surface area (Å²) >= 11 is 0. The molecule has 0 bridgehead atoms. The summed E-state index contributed by atoms with van der Waals surface area (Å²) in [5, 5.41) is 0. The molecule has 22 heavy (non-hydrogen) atoms. The molecule has 3 heteroatoms. The second-order valence-corrected chi connectivity index (χ2v) is 5.52. The molecule has 0 radical (unpaired) electrons. The molecule has 2 aromatic rings. The Morgan fingerprint density at radius 3 is 2.14 bits per heavy atom. The first-order chi connectivity index (χ1) is 10.6. The molecule has 2 rings (SSSR count). The summed E-state index contributed by atoms with van der Waals surface area (Å²) in [6.45, 7) is 4.27. The standard InChI is InChI=1S/C19H23NO2/c1-3-22-19(21)13-18(20)17-10-8-16(9-11-17)12-15-6-4-14(2)5-7-15/h4-11,18H,3,12-13,20H2,1-2H3/t18-/m0/s1. The Balaban J connectivity index is 1.97. The van der Waals surface area contributed by atoms with E-state index in [4.69, 9.17) is 10.5 Å². The predicted molar refractivity (Wildman–Crippen MR) is 88.6 cm³/mol. The van der Waals surface area contributed by atoms with Crippen molar-refractivity contribution in [3.63, 3.8) is 0 Å². The first-order valence-corrected chi connectivity index (χ1v) is 7.64. The first kappa shape index (κ1) is 16.2. The highest BCUT2D eigenvalue weighted by molar-refractivity contribution is 5.70. The molecule has 1 atom stereocenters. The number of ether oxygens (including phenoxy) is 1. The molecule has 0 fully saturated rings. The molecule has 0 spiro atoms. The number of hydrogen-bond acceptors (Lipinski definition) is 3. The van der Waals surface area contributed by atoms with Crippen molar-refractivity contribution >= 4 is 5.97 Å². The van der Waals surface area contributed by atoms with Gasteiger partial charge in [0, 0.05) is 6.04 Å². The SMILES string of the molecule is CCOC(=O)C[C@H](N)c1ccc(Cc2ccc(C)cc2)cc1. The maximum atomic E-state index is 11.5. The predicted octanol–water partition coefficient (Wildman–Crippen LogP) is 3.54. The number of aryl methyl sites for hydroxylation is 1. The van der Waals surface area contributed by atoms with Crippen LogP contribution in [-0.2, 0) is 16.0 Å². The maximum absolute atomic E-state index is 11.5. The van der Waals surface area contributed by atoms with Gasteiger partial charge in [0.25, 0.3) is 0 Å². The number of benzene rings is 2. The van der Waals surface area contributed by atoms with E-state index in [1.54, 1.807) is 6.92 Å². The van der Waals surface area contributed by atoms with Crippen LogP contribution in [0.2, 0.25) is 0 Å². The van der Waals surface area contributed by atoms with Gasteiger partial charge in [0.15, 0.2) is 0 Å². The van der Waals surface area contributed by atoms with Gasteiger partial charge in [0.05, 0.1) is 13.0 Å². The third-order valence-corrected chi connectivity index (χ3v) is 3.63. The van der Waals surface area contributed by atoms with Crippen LogP contribution in [-0.4, -0.2) is 12.6 Å². The largest absolute Gasteiger partial charge is 0.466 e. The van der Waals surface area contributed by atoms with Crippen LogP contribution in [0.4, 0.5) is 0 Å². The highest BCUT2D eigenvalue weighted by Gasteiger charge is 2.12. The Morgan fingerprint density at radius 2 is 1.59 bits per heavy atom. The summed E-state index contributed by atoms with van der Waals surface area (Å²) < 4.78 is 4.93. The minimum atomic E-state index is -0.313. The molecular weight excluding hydrogens is 274 g/mol. The first-order valence-electron chi connectivity index (χ1n) is 7.64. The van der Waals surface area contributed by atoms with Gasteiger partial charge >= 0.3 is 5.97 Å². The average Bonchev–Trinajstić information content (AvgIpc) is 2.50. The third-order valence-electron chi connectivity index (χ3n) is 3.63. The smallest absolute Gasteiger partial charge is 0.307 e. The molecule has 0 saturated heterocycles. The van der Waals surface area contributed by atoms with Gasteiger partial charge in [0.2, 0.25) is 0 Å². The summed E-state index contributed by atoms with van der Waals surface area (Å²) in [5.74, 6) is -0.251. The number of carbonyl (C=O) groups excluding carboxylic acids is 1. The number of hydrogen-bond donors (Lipinski definition) is 1. The van der Waals surface area contributed by atoms with Crippen LogP contribution in [0, 0.1) is 6.92 Å². The van der Waals surface area contributed by atoms with Crippen molar-refractivity contribution in [1.82, 2.24) is 0 Å².